The number of fused-ring (bicyclic) bond motifs is 1. The number of thiazole rings is 1. The van der Waals surface area contributed by atoms with Gasteiger partial charge in [0.2, 0.25) is 0 Å². The van der Waals surface area contributed by atoms with Crippen molar-refractivity contribution in [2.45, 2.75) is 0 Å². The molecule has 0 spiro atoms. The number of non-ortho nitro benzene ring substituents is 1. The molecule has 0 aliphatic carbocycles. The van der Waals surface area contributed by atoms with Crippen LogP contribution in [0.4, 0.5) is 16.5 Å². The van der Waals surface area contributed by atoms with Gasteiger partial charge < -0.3 is 10.1 Å². The fourth-order valence-electron chi connectivity index (χ4n) is 2.32. The number of nitrogens with zero attached hydrogens (tertiary/aromatic N) is 2. The Labute approximate surface area is 157 Å². The maximum Gasteiger partial charge on any atom is 0.340 e. The zero-order valence-electron chi connectivity index (χ0n) is 14.1. The highest BCUT2D eigenvalue weighted by atomic mass is 32.1. The fourth-order valence-corrected chi connectivity index (χ4v) is 3.24. The molecule has 0 aliphatic heterocycles. The Morgan fingerprint density at radius 3 is 2.78 bits per heavy atom. The van der Waals surface area contributed by atoms with E-state index in [1.165, 1.54) is 18.2 Å². The Morgan fingerprint density at radius 1 is 1.26 bits per heavy atom. The molecule has 0 bridgehead atoms. The summed E-state index contributed by atoms with van der Waals surface area (Å²) in [6.45, 7) is -0.479. The third-order valence-corrected chi connectivity index (χ3v) is 4.51. The Morgan fingerprint density at radius 2 is 2.04 bits per heavy atom. The minimum Gasteiger partial charge on any atom is -0.452 e. The Balaban J connectivity index is 1.63. The van der Waals surface area contributed by atoms with E-state index < -0.39 is 23.4 Å². The summed E-state index contributed by atoms with van der Waals surface area (Å²) in [6, 6.07) is 11.0. The number of nitro groups is 1. The highest BCUT2D eigenvalue weighted by Gasteiger charge is 2.15. The van der Waals surface area contributed by atoms with E-state index in [0.717, 1.165) is 11.3 Å². The molecule has 2 aromatic carbocycles. The predicted molar refractivity (Wildman–Crippen MR) is 101 cm³/mol. The van der Waals surface area contributed by atoms with Gasteiger partial charge in [-0.2, -0.15) is 0 Å². The first-order chi connectivity index (χ1) is 13.0. The van der Waals surface area contributed by atoms with Crippen LogP contribution in [0.25, 0.3) is 10.2 Å². The third-order valence-electron chi connectivity index (χ3n) is 3.58. The van der Waals surface area contributed by atoms with Gasteiger partial charge in [0.25, 0.3) is 11.6 Å². The smallest absolute Gasteiger partial charge is 0.340 e. The molecule has 2 N–H and O–H groups in total. The molecule has 0 atom stereocenters. The number of carbonyl (C=O) groups is 2. The number of amides is 1. The lowest BCUT2D eigenvalue weighted by Crippen LogP contribution is -2.21. The SMILES string of the molecule is CNc1ccccc1C(=O)OCC(=O)Nc1nc2ccc([N+](=O)[O-])cc2s1. The van der Waals surface area contributed by atoms with Crippen molar-refractivity contribution in [1.29, 1.82) is 0 Å². The number of ether oxygens (including phenoxy) is 1. The van der Waals surface area contributed by atoms with Crippen LogP contribution >= 0.6 is 11.3 Å². The molecule has 3 aromatic rings. The molecule has 1 aromatic heterocycles. The minimum atomic E-state index is -0.630. The van der Waals surface area contributed by atoms with Crippen molar-refractivity contribution in [2.75, 3.05) is 24.3 Å². The van der Waals surface area contributed by atoms with E-state index in [2.05, 4.69) is 15.6 Å². The molecule has 1 heterocycles. The summed E-state index contributed by atoms with van der Waals surface area (Å²) in [5, 5.41) is 16.5. The first-order valence-corrected chi connectivity index (χ1v) is 8.58. The van der Waals surface area contributed by atoms with Crippen LogP contribution in [-0.2, 0) is 9.53 Å². The van der Waals surface area contributed by atoms with Gasteiger partial charge in [0.1, 0.15) is 0 Å². The van der Waals surface area contributed by atoms with Gasteiger partial charge in [0, 0.05) is 24.9 Å². The molecule has 0 radical (unpaired) electrons. The van der Waals surface area contributed by atoms with E-state index in [1.807, 2.05) is 0 Å². The average molecular weight is 386 g/mol. The molecular formula is C17H14N4O5S. The van der Waals surface area contributed by atoms with Crippen molar-refractivity contribution in [2.24, 2.45) is 0 Å². The van der Waals surface area contributed by atoms with Gasteiger partial charge in [-0.1, -0.05) is 23.5 Å². The van der Waals surface area contributed by atoms with Crippen LogP contribution in [0.2, 0.25) is 0 Å². The number of aromatic nitrogens is 1. The number of carbonyl (C=O) groups excluding carboxylic acids is 2. The number of esters is 1. The monoisotopic (exact) mass is 386 g/mol. The predicted octanol–water partition coefficient (Wildman–Crippen LogP) is 3.04. The summed E-state index contributed by atoms with van der Waals surface area (Å²) < 4.78 is 5.59. The highest BCUT2D eigenvalue weighted by Crippen LogP contribution is 2.29. The number of hydrogen-bond donors (Lipinski definition) is 2. The fraction of sp³-hybridized carbons (Fsp3) is 0.118. The molecule has 0 saturated heterocycles. The topological polar surface area (TPSA) is 123 Å². The number of hydrogen-bond acceptors (Lipinski definition) is 8. The van der Waals surface area contributed by atoms with Gasteiger partial charge in [-0.25, -0.2) is 9.78 Å². The number of anilines is 2. The van der Waals surface area contributed by atoms with Gasteiger partial charge in [-0.15, -0.1) is 0 Å². The molecule has 1 amide bonds. The van der Waals surface area contributed by atoms with Crippen LogP contribution < -0.4 is 10.6 Å². The van der Waals surface area contributed by atoms with Gasteiger partial charge in [-0.05, 0) is 18.2 Å². The van der Waals surface area contributed by atoms with Crippen LogP contribution in [0.3, 0.4) is 0 Å². The summed E-state index contributed by atoms with van der Waals surface area (Å²) in [7, 11) is 1.68. The Bertz CT molecular complexity index is 1030. The summed E-state index contributed by atoms with van der Waals surface area (Å²) in [6.07, 6.45) is 0. The van der Waals surface area contributed by atoms with Crippen LogP contribution in [0.1, 0.15) is 10.4 Å². The lowest BCUT2D eigenvalue weighted by Gasteiger charge is -2.08. The van der Waals surface area contributed by atoms with Gasteiger partial charge in [0.05, 0.1) is 20.7 Å². The lowest BCUT2D eigenvalue weighted by atomic mass is 10.2. The normalized spacial score (nSPS) is 10.4. The highest BCUT2D eigenvalue weighted by molar-refractivity contribution is 7.22. The first-order valence-electron chi connectivity index (χ1n) is 7.76. The number of rotatable bonds is 6. The van der Waals surface area contributed by atoms with Crippen molar-refractivity contribution in [1.82, 2.24) is 4.98 Å². The second-order valence-corrected chi connectivity index (χ2v) is 6.38. The summed E-state index contributed by atoms with van der Waals surface area (Å²) >= 11 is 1.10. The summed E-state index contributed by atoms with van der Waals surface area (Å²) in [5.74, 6) is -1.19. The van der Waals surface area contributed by atoms with Gasteiger partial charge in [0.15, 0.2) is 11.7 Å². The Hall–Kier alpha value is -3.53. The van der Waals surface area contributed by atoms with Crippen molar-refractivity contribution >= 4 is 49.9 Å². The van der Waals surface area contributed by atoms with E-state index in [-0.39, 0.29) is 10.8 Å². The molecular weight excluding hydrogens is 372 g/mol. The molecule has 0 fully saturated rings. The van der Waals surface area contributed by atoms with Crippen molar-refractivity contribution in [3.63, 3.8) is 0 Å². The number of para-hydroxylation sites is 1. The van der Waals surface area contributed by atoms with E-state index in [4.69, 9.17) is 4.74 Å². The molecule has 27 heavy (non-hydrogen) atoms. The second-order valence-electron chi connectivity index (χ2n) is 5.35. The maximum absolute atomic E-state index is 12.1. The van der Waals surface area contributed by atoms with E-state index >= 15 is 0 Å². The lowest BCUT2D eigenvalue weighted by molar-refractivity contribution is -0.384. The van der Waals surface area contributed by atoms with Gasteiger partial charge in [-0.3, -0.25) is 20.2 Å². The van der Waals surface area contributed by atoms with Crippen molar-refractivity contribution < 1.29 is 19.2 Å². The van der Waals surface area contributed by atoms with Crippen LogP contribution in [0.15, 0.2) is 42.5 Å². The minimum absolute atomic E-state index is 0.0545. The van der Waals surface area contributed by atoms with Crippen LogP contribution in [0, 0.1) is 10.1 Å². The van der Waals surface area contributed by atoms with Crippen LogP contribution in [-0.4, -0.2) is 35.4 Å². The number of nitro benzene ring substituents is 1. The Kier molecular flexibility index (Phi) is 5.27. The molecule has 0 saturated carbocycles. The zero-order chi connectivity index (χ0) is 19.4. The quantitative estimate of drug-likeness (QED) is 0.379. The number of nitrogens with one attached hydrogen (secondary N) is 2. The molecule has 10 heteroatoms. The summed E-state index contributed by atoms with van der Waals surface area (Å²) in [4.78, 5) is 38.6. The largest absolute Gasteiger partial charge is 0.452 e. The van der Waals surface area contributed by atoms with Crippen molar-refractivity contribution in [3.8, 4) is 0 Å². The van der Waals surface area contributed by atoms with E-state index in [0.29, 0.717) is 21.5 Å². The van der Waals surface area contributed by atoms with E-state index in [9.17, 15) is 19.7 Å². The van der Waals surface area contributed by atoms with Gasteiger partial charge >= 0.3 is 5.97 Å². The second kappa shape index (κ2) is 7.79. The molecule has 3 rings (SSSR count). The standard InChI is InChI=1S/C17H14N4O5S/c1-18-12-5-3-2-4-11(12)16(23)26-9-15(22)20-17-19-13-7-6-10(21(24)25)8-14(13)27-17/h2-8,18H,9H2,1H3,(H,19,20,22). The summed E-state index contributed by atoms with van der Waals surface area (Å²) in [5.41, 5.74) is 1.39. The first kappa shape index (κ1) is 18.3. The molecule has 0 aliphatic rings. The number of benzene rings is 2. The average Bonchev–Trinajstić information content (AvgIpc) is 3.07. The zero-order valence-corrected chi connectivity index (χ0v) is 14.9. The molecule has 9 nitrogen and oxygen atoms in total. The maximum atomic E-state index is 12.1. The van der Waals surface area contributed by atoms with E-state index in [1.54, 1.807) is 31.3 Å². The molecule has 138 valence electrons. The molecule has 0 unspecified atom stereocenters. The third kappa shape index (κ3) is 4.18. The van der Waals surface area contributed by atoms with Crippen molar-refractivity contribution in [3.05, 3.63) is 58.1 Å². The van der Waals surface area contributed by atoms with Crippen LogP contribution in [0.5, 0.6) is 0 Å².